The van der Waals surface area contributed by atoms with Gasteiger partial charge in [0.2, 0.25) is 0 Å². The molecule has 0 saturated carbocycles. The lowest BCUT2D eigenvalue weighted by atomic mass is 10.1. The van der Waals surface area contributed by atoms with Gasteiger partial charge in [0.15, 0.2) is 18.1 Å². The van der Waals surface area contributed by atoms with E-state index in [0.717, 1.165) is 22.4 Å². The third-order valence-electron chi connectivity index (χ3n) is 3.17. The molecule has 0 aliphatic carbocycles. The number of anilines is 1. The van der Waals surface area contributed by atoms with Crippen LogP contribution in [0, 0.1) is 20.8 Å². The van der Waals surface area contributed by atoms with E-state index in [0.29, 0.717) is 5.75 Å². The molecule has 0 bridgehead atoms. The van der Waals surface area contributed by atoms with E-state index in [4.69, 9.17) is 4.74 Å². The number of nitrogens with one attached hydrogen (secondary N) is 1. The highest BCUT2D eigenvalue weighted by Crippen LogP contribution is 2.25. The summed E-state index contributed by atoms with van der Waals surface area (Å²) in [4.78, 5) is 12.0. The summed E-state index contributed by atoms with van der Waals surface area (Å²) in [7, 11) is 0. The van der Waals surface area contributed by atoms with Crippen LogP contribution in [-0.4, -0.2) is 17.6 Å². The number of benzene rings is 2. The molecule has 0 unspecified atom stereocenters. The largest absolute Gasteiger partial charge is 0.504 e. The summed E-state index contributed by atoms with van der Waals surface area (Å²) < 4.78 is 5.31. The number of hydrogen-bond acceptors (Lipinski definition) is 3. The first-order valence-corrected chi connectivity index (χ1v) is 6.76. The Morgan fingerprint density at radius 2 is 1.76 bits per heavy atom. The maximum absolute atomic E-state index is 12.0. The van der Waals surface area contributed by atoms with Crippen molar-refractivity contribution in [1.82, 2.24) is 0 Å². The number of carbonyl (C=O) groups is 1. The first-order chi connectivity index (χ1) is 9.97. The van der Waals surface area contributed by atoms with Crippen LogP contribution in [0.25, 0.3) is 0 Å². The lowest BCUT2D eigenvalue weighted by molar-refractivity contribution is -0.118. The van der Waals surface area contributed by atoms with E-state index in [1.54, 1.807) is 18.2 Å². The van der Waals surface area contributed by atoms with Crippen molar-refractivity contribution in [2.75, 3.05) is 11.9 Å². The van der Waals surface area contributed by atoms with Gasteiger partial charge >= 0.3 is 0 Å². The molecule has 2 rings (SSSR count). The first-order valence-electron chi connectivity index (χ1n) is 6.76. The van der Waals surface area contributed by atoms with E-state index in [1.165, 1.54) is 6.07 Å². The van der Waals surface area contributed by atoms with Gasteiger partial charge in [-0.25, -0.2) is 0 Å². The third kappa shape index (κ3) is 3.75. The SMILES string of the molecule is Cc1cc(C)c(NC(=O)COc2ccccc2O)c(C)c1. The van der Waals surface area contributed by atoms with Gasteiger partial charge in [-0.3, -0.25) is 4.79 Å². The number of amides is 1. The molecule has 0 spiro atoms. The Kier molecular flexibility index (Phi) is 4.48. The summed E-state index contributed by atoms with van der Waals surface area (Å²) in [6.45, 7) is 5.79. The van der Waals surface area contributed by atoms with E-state index < -0.39 is 0 Å². The number of phenolic OH excluding ortho intramolecular Hbond substituents is 1. The number of hydrogen-bond donors (Lipinski definition) is 2. The lowest BCUT2D eigenvalue weighted by Crippen LogP contribution is -2.21. The van der Waals surface area contributed by atoms with Crippen molar-refractivity contribution in [1.29, 1.82) is 0 Å². The minimum absolute atomic E-state index is 0.0213. The molecule has 1 amide bonds. The van der Waals surface area contributed by atoms with Crippen molar-refractivity contribution in [3.05, 3.63) is 53.1 Å². The second-order valence-electron chi connectivity index (χ2n) is 5.08. The molecule has 2 aromatic carbocycles. The summed E-state index contributed by atoms with van der Waals surface area (Å²) >= 11 is 0. The molecule has 0 atom stereocenters. The number of rotatable bonds is 4. The predicted octanol–water partition coefficient (Wildman–Crippen LogP) is 3.33. The minimum Gasteiger partial charge on any atom is -0.504 e. The molecule has 0 radical (unpaired) electrons. The molecule has 0 fully saturated rings. The molecule has 0 aromatic heterocycles. The summed E-state index contributed by atoms with van der Waals surface area (Å²) in [6, 6.07) is 10.6. The van der Waals surface area contributed by atoms with Crippen molar-refractivity contribution in [3.63, 3.8) is 0 Å². The van der Waals surface area contributed by atoms with Crippen LogP contribution in [0.4, 0.5) is 5.69 Å². The monoisotopic (exact) mass is 285 g/mol. The van der Waals surface area contributed by atoms with Crippen LogP contribution >= 0.6 is 0 Å². The van der Waals surface area contributed by atoms with Crippen LogP contribution in [0.2, 0.25) is 0 Å². The Hall–Kier alpha value is -2.49. The van der Waals surface area contributed by atoms with Gasteiger partial charge in [0.25, 0.3) is 5.91 Å². The van der Waals surface area contributed by atoms with E-state index >= 15 is 0 Å². The van der Waals surface area contributed by atoms with E-state index in [2.05, 4.69) is 5.32 Å². The zero-order chi connectivity index (χ0) is 15.4. The maximum Gasteiger partial charge on any atom is 0.262 e. The van der Waals surface area contributed by atoms with Crippen LogP contribution < -0.4 is 10.1 Å². The lowest BCUT2D eigenvalue weighted by Gasteiger charge is -2.13. The third-order valence-corrected chi connectivity index (χ3v) is 3.17. The van der Waals surface area contributed by atoms with Gasteiger partial charge in [-0.1, -0.05) is 29.8 Å². The highest BCUT2D eigenvalue weighted by atomic mass is 16.5. The van der Waals surface area contributed by atoms with Crippen LogP contribution in [0.5, 0.6) is 11.5 Å². The van der Waals surface area contributed by atoms with E-state index in [9.17, 15) is 9.90 Å². The van der Waals surface area contributed by atoms with Gasteiger partial charge in [-0.15, -0.1) is 0 Å². The fraction of sp³-hybridized carbons (Fsp3) is 0.235. The fourth-order valence-electron chi connectivity index (χ4n) is 2.28. The zero-order valence-electron chi connectivity index (χ0n) is 12.4. The Bertz CT molecular complexity index is 642. The van der Waals surface area contributed by atoms with Crippen LogP contribution in [0.1, 0.15) is 16.7 Å². The normalized spacial score (nSPS) is 10.2. The molecule has 0 saturated heterocycles. The Labute approximate surface area is 124 Å². The molecular weight excluding hydrogens is 266 g/mol. The number of aromatic hydroxyl groups is 1. The molecule has 0 aliphatic heterocycles. The second-order valence-corrected chi connectivity index (χ2v) is 5.08. The molecule has 2 aromatic rings. The standard InChI is InChI=1S/C17H19NO3/c1-11-8-12(2)17(13(3)9-11)18-16(20)10-21-15-7-5-4-6-14(15)19/h4-9,19H,10H2,1-3H3,(H,18,20). The molecule has 4 heteroatoms. The minimum atomic E-state index is -0.256. The Morgan fingerprint density at radius 3 is 2.38 bits per heavy atom. The fourth-order valence-corrected chi connectivity index (χ4v) is 2.28. The predicted molar refractivity (Wildman–Crippen MR) is 82.9 cm³/mol. The van der Waals surface area contributed by atoms with Crippen molar-refractivity contribution in [2.45, 2.75) is 20.8 Å². The van der Waals surface area contributed by atoms with Crippen molar-refractivity contribution < 1.29 is 14.6 Å². The number of phenols is 1. The van der Waals surface area contributed by atoms with E-state index in [1.807, 2.05) is 32.9 Å². The highest BCUT2D eigenvalue weighted by Gasteiger charge is 2.10. The summed E-state index contributed by atoms with van der Waals surface area (Å²) in [6.07, 6.45) is 0. The topological polar surface area (TPSA) is 58.6 Å². The molecule has 2 N–H and O–H groups in total. The summed E-state index contributed by atoms with van der Waals surface area (Å²) in [5.74, 6) is 0.0614. The molecule has 21 heavy (non-hydrogen) atoms. The van der Waals surface area contributed by atoms with E-state index in [-0.39, 0.29) is 18.3 Å². The Balaban J connectivity index is 2.01. The molecule has 110 valence electrons. The highest BCUT2D eigenvalue weighted by molar-refractivity contribution is 5.93. The van der Waals surface area contributed by atoms with Crippen molar-refractivity contribution in [2.24, 2.45) is 0 Å². The molecule has 0 aliphatic rings. The first kappa shape index (κ1) is 14.9. The van der Waals surface area contributed by atoms with Crippen LogP contribution in [0.3, 0.4) is 0 Å². The van der Waals surface area contributed by atoms with Crippen molar-refractivity contribution >= 4 is 11.6 Å². The van der Waals surface area contributed by atoms with Gasteiger partial charge in [0.1, 0.15) is 0 Å². The smallest absolute Gasteiger partial charge is 0.262 e. The number of carbonyl (C=O) groups excluding carboxylic acids is 1. The van der Waals surface area contributed by atoms with Crippen LogP contribution in [-0.2, 0) is 4.79 Å². The average Bonchev–Trinajstić information content (AvgIpc) is 2.42. The van der Waals surface area contributed by atoms with Gasteiger partial charge in [0, 0.05) is 5.69 Å². The van der Waals surface area contributed by atoms with Crippen LogP contribution in [0.15, 0.2) is 36.4 Å². The number of ether oxygens (including phenoxy) is 1. The average molecular weight is 285 g/mol. The van der Waals surface area contributed by atoms with Gasteiger partial charge in [-0.05, 0) is 44.0 Å². The maximum atomic E-state index is 12.0. The number of aryl methyl sites for hydroxylation is 3. The molecule has 0 heterocycles. The summed E-state index contributed by atoms with van der Waals surface area (Å²) in [5.41, 5.74) is 4.01. The summed E-state index contributed by atoms with van der Waals surface area (Å²) in [5, 5.41) is 12.4. The second kappa shape index (κ2) is 6.31. The van der Waals surface area contributed by atoms with Crippen molar-refractivity contribution in [3.8, 4) is 11.5 Å². The number of para-hydroxylation sites is 2. The Morgan fingerprint density at radius 1 is 1.14 bits per heavy atom. The van der Waals surface area contributed by atoms with Gasteiger partial charge < -0.3 is 15.2 Å². The zero-order valence-corrected chi connectivity index (χ0v) is 12.4. The quantitative estimate of drug-likeness (QED) is 0.905. The van der Waals surface area contributed by atoms with Gasteiger partial charge in [0.05, 0.1) is 0 Å². The van der Waals surface area contributed by atoms with Gasteiger partial charge in [-0.2, -0.15) is 0 Å². The molecule has 4 nitrogen and oxygen atoms in total. The molecular formula is C17H19NO3.